The molecule has 1 heterocycles. The van der Waals surface area contributed by atoms with Crippen molar-refractivity contribution in [3.05, 3.63) is 0 Å². The van der Waals surface area contributed by atoms with Crippen LogP contribution >= 0.6 is 24.0 Å². The molecule has 0 saturated carbocycles. The second kappa shape index (κ2) is 11.9. The molecule has 7 heteroatoms. The lowest BCUT2D eigenvalue weighted by atomic mass is 9.89. The minimum absolute atomic E-state index is 0. The highest BCUT2D eigenvalue weighted by Gasteiger charge is 2.29. The number of esters is 1. The molecule has 0 bridgehead atoms. The van der Waals surface area contributed by atoms with E-state index in [0.717, 1.165) is 31.9 Å². The number of likely N-dealkylation sites (tertiary alicyclic amines) is 1. The van der Waals surface area contributed by atoms with Crippen LogP contribution in [0.25, 0.3) is 0 Å². The lowest BCUT2D eigenvalue weighted by Crippen LogP contribution is -2.48. The Balaban J connectivity index is 0.00000576. The zero-order valence-electron chi connectivity index (χ0n) is 16.6. The highest BCUT2D eigenvalue weighted by molar-refractivity contribution is 14.0. The Hall–Kier alpha value is -0.570. The van der Waals surface area contributed by atoms with E-state index in [-0.39, 0.29) is 47.4 Å². The van der Waals surface area contributed by atoms with E-state index >= 15 is 0 Å². The number of hydrogen-bond acceptors (Lipinski definition) is 4. The molecule has 1 fully saturated rings. The van der Waals surface area contributed by atoms with E-state index in [1.165, 1.54) is 0 Å². The molecule has 2 atom stereocenters. The Morgan fingerprint density at radius 2 is 2.04 bits per heavy atom. The van der Waals surface area contributed by atoms with Crippen molar-refractivity contribution in [2.24, 2.45) is 16.3 Å². The minimum Gasteiger partial charge on any atom is -0.466 e. The lowest BCUT2D eigenvalue weighted by molar-refractivity contribution is -0.149. The molecule has 1 saturated heterocycles. The number of methoxy groups -OCH3 is 1. The second-order valence-corrected chi connectivity index (χ2v) is 7.32. The average Bonchev–Trinajstić information content (AvgIpc) is 2.53. The highest BCUT2D eigenvalue weighted by atomic mass is 127. The summed E-state index contributed by atoms with van der Waals surface area (Å²) in [5.41, 5.74) is 0.0327. The van der Waals surface area contributed by atoms with Crippen molar-refractivity contribution in [1.29, 1.82) is 0 Å². The topological polar surface area (TPSA) is 63.2 Å². The molecule has 1 aliphatic rings. The quantitative estimate of drug-likeness (QED) is 0.281. The van der Waals surface area contributed by atoms with Gasteiger partial charge in [0.2, 0.25) is 0 Å². The van der Waals surface area contributed by atoms with Gasteiger partial charge in [-0.3, -0.25) is 9.79 Å². The van der Waals surface area contributed by atoms with E-state index < -0.39 is 0 Å². The molecule has 0 aromatic rings. The van der Waals surface area contributed by atoms with Crippen molar-refractivity contribution in [2.45, 2.75) is 53.6 Å². The number of aliphatic imine (C=N–C) groups is 1. The first-order chi connectivity index (χ1) is 11.3. The number of hydrogen-bond donors (Lipinski definition) is 1. The SMILES string of the molecule is CCNC(=NCC(OC)C(C)(C)C)N1CCCC(C(=O)OCC)C1.I. The molecule has 1 rings (SSSR count). The molecule has 25 heavy (non-hydrogen) atoms. The first kappa shape index (κ1) is 24.4. The van der Waals surface area contributed by atoms with E-state index in [4.69, 9.17) is 14.5 Å². The fourth-order valence-electron chi connectivity index (χ4n) is 2.92. The summed E-state index contributed by atoms with van der Waals surface area (Å²) in [6.45, 7) is 13.8. The number of nitrogens with zero attached hydrogens (tertiary/aromatic N) is 2. The average molecular weight is 469 g/mol. The molecule has 0 spiro atoms. The Morgan fingerprint density at radius 3 is 2.56 bits per heavy atom. The molecule has 148 valence electrons. The number of carbonyl (C=O) groups is 1. The summed E-state index contributed by atoms with van der Waals surface area (Å²) < 4.78 is 10.8. The summed E-state index contributed by atoms with van der Waals surface area (Å²) >= 11 is 0. The van der Waals surface area contributed by atoms with E-state index in [0.29, 0.717) is 19.7 Å². The van der Waals surface area contributed by atoms with Crippen LogP contribution in [0, 0.1) is 11.3 Å². The molecular formula is C18H36IN3O3. The van der Waals surface area contributed by atoms with Crippen molar-refractivity contribution < 1.29 is 14.3 Å². The van der Waals surface area contributed by atoms with Crippen LogP contribution in [0.1, 0.15) is 47.5 Å². The van der Waals surface area contributed by atoms with Crippen molar-refractivity contribution >= 4 is 35.9 Å². The number of piperidine rings is 1. The van der Waals surface area contributed by atoms with E-state index in [2.05, 4.69) is 37.9 Å². The Labute approximate surface area is 170 Å². The summed E-state index contributed by atoms with van der Waals surface area (Å²) in [6, 6.07) is 0. The molecule has 0 amide bonds. The maximum Gasteiger partial charge on any atom is 0.310 e. The predicted molar refractivity (Wildman–Crippen MR) is 113 cm³/mol. The Morgan fingerprint density at radius 1 is 1.36 bits per heavy atom. The Kier molecular flexibility index (Phi) is 11.7. The van der Waals surface area contributed by atoms with Gasteiger partial charge in [-0.05, 0) is 32.1 Å². The number of halogens is 1. The first-order valence-corrected chi connectivity index (χ1v) is 9.06. The summed E-state index contributed by atoms with van der Waals surface area (Å²) in [4.78, 5) is 19.0. The standard InChI is InChI=1S/C18H35N3O3.HI/c1-7-19-17(20-12-15(23-6)18(3,4)5)21-11-9-10-14(13-21)16(22)24-8-2;/h14-15H,7-13H2,1-6H3,(H,19,20);1H. The van der Waals surface area contributed by atoms with E-state index in [1.54, 1.807) is 7.11 Å². The fraction of sp³-hybridized carbons (Fsp3) is 0.889. The van der Waals surface area contributed by atoms with Gasteiger partial charge in [0.15, 0.2) is 5.96 Å². The molecule has 1 N–H and O–H groups in total. The number of nitrogens with one attached hydrogen (secondary N) is 1. The molecule has 0 aromatic heterocycles. The van der Waals surface area contributed by atoms with Crippen molar-refractivity contribution in [1.82, 2.24) is 10.2 Å². The molecule has 1 aliphatic heterocycles. The third-order valence-corrected chi connectivity index (χ3v) is 4.33. The van der Waals surface area contributed by atoms with E-state index in [9.17, 15) is 4.79 Å². The smallest absolute Gasteiger partial charge is 0.310 e. The minimum atomic E-state index is -0.0949. The third kappa shape index (κ3) is 8.11. The third-order valence-electron chi connectivity index (χ3n) is 4.33. The zero-order chi connectivity index (χ0) is 18.2. The molecule has 0 aliphatic carbocycles. The second-order valence-electron chi connectivity index (χ2n) is 7.32. The van der Waals surface area contributed by atoms with Gasteiger partial charge in [0, 0.05) is 26.7 Å². The zero-order valence-corrected chi connectivity index (χ0v) is 19.0. The van der Waals surface area contributed by atoms with Crippen LogP contribution in [0.3, 0.4) is 0 Å². The van der Waals surface area contributed by atoms with Crippen LogP contribution in [-0.2, 0) is 14.3 Å². The molecule has 2 unspecified atom stereocenters. The van der Waals surface area contributed by atoms with Gasteiger partial charge in [-0.1, -0.05) is 20.8 Å². The lowest BCUT2D eigenvalue weighted by Gasteiger charge is -2.34. The fourth-order valence-corrected chi connectivity index (χ4v) is 2.92. The summed E-state index contributed by atoms with van der Waals surface area (Å²) in [5, 5.41) is 3.34. The van der Waals surface area contributed by atoms with Crippen LogP contribution in [0.4, 0.5) is 0 Å². The van der Waals surface area contributed by atoms with Gasteiger partial charge in [-0.2, -0.15) is 0 Å². The molecular weight excluding hydrogens is 433 g/mol. The van der Waals surface area contributed by atoms with Gasteiger partial charge >= 0.3 is 5.97 Å². The van der Waals surface area contributed by atoms with Gasteiger partial charge < -0.3 is 19.7 Å². The molecule has 0 aromatic carbocycles. The van der Waals surface area contributed by atoms with Crippen LogP contribution in [0.5, 0.6) is 0 Å². The maximum absolute atomic E-state index is 12.0. The maximum atomic E-state index is 12.0. The van der Waals surface area contributed by atoms with Crippen LogP contribution in [-0.4, -0.2) is 62.8 Å². The van der Waals surface area contributed by atoms with Crippen LogP contribution < -0.4 is 5.32 Å². The highest BCUT2D eigenvalue weighted by Crippen LogP contribution is 2.22. The molecule has 0 radical (unpaired) electrons. The van der Waals surface area contributed by atoms with Crippen LogP contribution in [0.15, 0.2) is 4.99 Å². The van der Waals surface area contributed by atoms with Crippen molar-refractivity contribution in [3.63, 3.8) is 0 Å². The van der Waals surface area contributed by atoms with Crippen LogP contribution in [0.2, 0.25) is 0 Å². The summed E-state index contributed by atoms with van der Waals surface area (Å²) in [5.74, 6) is 0.698. The first-order valence-electron chi connectivity index (χ1n) is 9.06. The number of carbonyl (C=O) groups excluding carboxylic acids is 1. The predicted octanol–water partition coefficient (Wildman–Crippen LogP) is 2.91. The normalized spacial score (nSPS) is 19.8. The van der Waals surface area contributed by atoms with Gasteiger partial charge in [0.25, 0.3) is 0 Å². The summed E-state index contributed by atoms with van der Waals surface area (Å²) in [6.07, 6.45) is 1.91. The van der Waals surface area contributed by atoms with Gasteiger partial charge in [-0.25, -0.2) is 0 Å². The molecule has 6 nitrogen and oxygen atoms in total. The van der Waals surface area contributed by atoms with Crippen molar-refractivity contribution in [2.75, 3.05) is 39.9 Å². The van der Waals surface area contributed by atoms with Crippen molar-refractivity contribution in [3.8, 4) is 0 Å². The van der Waals surface area contributed by atoms with Gasteiger partial charge in [0.1, 0.15) is 0 Å². The van der Waals surface area contributed by atoms with E-state index in [1.807, 2.05) is 6.92 Å². The number of guanidine groups is 1. The van der Waals surface area contributed by atoms with Gasteiger partial charge in [0.05, 0.1) is 25.2 Å². The summed E-state index contributed by atoms with van der Waals surface area (Å²) in [7, 11) is 1.73. The van der Waals surface area contributed by atoms with Gasteiger partial charge in [-0.15, -0.1) is 24.0 Å². The number of ether oxygens (including phenoxy) is 2. The number of rotatable bonds is 6. The largest absolute Gasteiger partial charge is 0.466 e. The monoisotopic (exact) mass is 469 g/mol. The Bertz CT molecular complexity index is 424.